The highest BCUT2D eigenvalue weighted by Crippen LogP contribution is 2.36. The van der Waals surface area contributed by atoms with Crippen LogP contribution in [0.25, 0.3) is 0 Å². The number of nitrogens with one attached hydrogen (secondary N) is 1. The van der Waals surface area contributed by atoms with Crippen LogP contribution in [0.15, 0.2) is 12.1 Å². The van der Waals surface area contributed by atoms with Gasteiger partial charge in [0.05, 0.1) is 17.6 Å². The van der Waals surface area contributed by atoms with Crippen LogP contribution in [0.4, 0.5) is 5.69 Å². The smallest absolute Gasteiger partial charge is 0.311 e. The number of ether oxygens (including phenoxy) is 1. The summed E-state index contributed by atoms with van der Waals surface area (Å²) in [5.74, 6) is 0.181. The quantitative estimate of drug-likeness (QED) is 0.607. The Bertz CT molecular complexity index is 530. The molecule has 22 heavy (non-hydrogen) atoms. The fraction of sp³-hybridized carbons (Fsp3) is 0.600. The summed E-state index contributed by atoms with van der Waals surface area (Å²) in [6.07, 6.45) is -0.807. The van der Waals surface area contributed by atoms with Gasteiger partial charge in [-0.05, 0) is 25.5 Å². The van der Waals surface area contributed by atoms with Gasteiger partial charge in [0.15, 0.2) is 0 Å². The maximum absolute atomic E-state index is 11.2. The molecule has 1 saturated heterocycles. The van der Waals surface area contributed by atoms with E-state index < -0.39 is 11.0 Å². The first-order chi connectivity index (χ1) is 10.5. The van der Waals surface area contributed by atoms with Crippen molar-refractivity contribution in [2.45, 2.75) is 20.0 Å². The molecule has 1 fully saturated rings. The highest BCUT2D eigenvalue weighted by molar-refractivity contribution is 5.55. The molecule has 1 heterocycles. The van der Waals surface area contributed by atoms with E-state index in [-0.39, 0.29) is 11.4 Å². The average Bonchev–Trinajstić information content (AvgIpc) is 2.49. The number of benzene rings is 1. The predicted octanol–water partition coefficient (Wildman–Crippen LogP) is 1.24. The van der Waals surface area contributed by atoms with Gasteiger partial charge >= 0.3 is 5.69 Å². The standard InChI is InChI=1S/C15H23N3O4/c1-3-22-15-12(8-11(2)9-13(15)18(20)21)14(19)10-17-6-4-16-5-7-17/h8-9,14,16,19H,3-7,10H2,1-2H3. The van der Waals surface area contributed by atoms with Gasteiger partial charge in [0.25, 0.3) is 0 Å². The molecule has 7 heteroatoms. The van der Waals surface area contributed by atoms with Crippen molar-refractivity contribution < 1.29 is 14.8 Å². The Morgan fingerprint density at radius 2 is 2.14 bits per heavy atom. The number of nitro benzene ring substituents is 1. The maximum atomic E-state index is 11.2. The van der Waals surface area contributed by atoms with Crippen LogP contribution in [-0.4, -0.2) is 54.3 Å². The molecule has 0 aromatic heterocycles. The van der Waals surface area contributed by atoms with Crippen molar-refractivity contribution in [2.75, 3.05) is 39.3 Å². The van der Waals surface area contributed by atoms with E-state index in [1.807, 2.05) is 0 Å². The van der Waals surface area contributed by atoms with E-state index in [1.165, 1.54) is 6.07 Å². The number of rotatable bonds is 6. The Labute approximate surface area is 130 Å². The molecule has 0 bridgehead atoms. The molecule has 2 N–H and O–H groups in total. The van der Waals surface area contributed by atoms with Crippen molar-refractivity contribution in [3.8, 4) is 5.75 Å². The van der Waals surface area contributed by atoms with E-state index in [1.54, 1.807) is 19.9 Å². The number of nitro groups is 1. The molecule has 122 valence electrons. The first-order valence-corrected chi connectivity index (χ1v) is 7.55. The van der Waals surface area contributed by atoms with E-state index in [4.69, 9.17) is 4.74 Å². The fourth-order valence-electron chi connectivity index (χ4n) is 2.70. The third-order valence-corrected chi connectivity index (χ3v) is 3.73. The lowest BCUT2D eigenvalue weighted by Gasteiger charge is -2.29. The molecule has 0 amide bonds. The van der Waals surface area contributed by atoms with Crippen LogP contribution in [0, 0.1) is 17.0 Å². The molecule has 0 aliphatic carbocycles. The summed E-state index contributed by atoms with van der Waals surface area (Å²) >= 11 is 0. The number of aliphatic hydroxyl groups is 1. The minimum atomic E-state index is -0.807. The number of hydrogen-bond acceptors (Lipinski definition) is 6. The molecule has 1 aliphatic rings. The molecule has 0 spiro atoms. The molecule has 1 aromatic rings. The minimum absolute atomic E-state index is 0.0868. The Morgan fingerprint density at radius 3 is 2.73 bits per heavy atom. The molecule has 1 atom stereocenters. The van der Waals surface area contributed by atoms with E-state index in [0.29, 0.717) is 18.7 Å². The van der Waals surface area contributed by atoms with E-state index in [9.17, 15) is 15.2 Å². The maximum Gasteiger partial charge on any atom is 0.311 e. The highest BCUT2D eigenvalue weighted by atomic mass is 16.6. The largest absolute Gasteiger partial charge is 0.487 e. The number of hydrogen-bond donors (Lipinski definition) is 2. The number of piperazine rings is 1. The lowest BCUT2D eigenvalue weighted by Crippen LogP contribution is -2.45. The average molecular weight is 309 g/mol. The zero-order valence-corrected chi connectivity index (χ0v) is 13.0. The van der Waals surface area contributed by atoms with Gasteiger partial charge in [-0.25, -0.2) is 0 Å². The van der Waals surface area contributed by atoms with Crippen LogP contribution in [0.3, 0.4) is 0 Å². The van der Waals surface area contributed by atoms with Crippen LogP contribution in [0.5, 0.6) is 5.75 Å². The van der Waals surface area contributed by atoms with Gasteiger partial charge in [0.2, 0.25) is 5.75 Å². The van der Waals surface area contributed by atoms with Crippen molar-refractivity contribution in [3.63, 3.8) is 0 Å². The first-order valence-electron chi connectivity index (χ1n) is 7.55. The Morgan fingerprint density at radius 1 is 1.45 bits per heavy atom. The van der Waals surface area contributed by atoms with Crippen molar-refractivity contribution in [1.29, 1.82) is 0 Å². The summed E-state index contributed by atoms with van der Waals surface area (Å²) in [7, 11) is 0. The number of nitrogens with zero attached hydrogens (tertiary/aromatic N) is 2. The Kier molecular flexibility index (Phi) is 5.70. The zero-order valence-electron chi connectivity index (χ0n) is 13.0. The van der Waals surface area contributed by atoms with Gasteiger partial charge in [-0.1, -0.05) is 0 Å². The number of aryl methyl sites for hydroxylation is 1. The molecule has 0 radical (unpaired) electrons. The second-order valence-electron chi connectivity index (χ2n) is 5.46. The third-order valence-electron chi connectivity index (χ3n) is 3.73. The van der Waals surface area contributed by atoms with Crippen molar-refractivity contribution in [3.05, 3.63) is 33.4 Å². The van der Waals surface area contributed by atoms with Crippen molar-refractivity contribution >= 4 is 5.69 Å². The SMILES string of the molecule is CCOc1c(C(O)CN2CCNCC2)cc(C)cc1[N+](=O)[O-]. The normalized spacial score (nSPS) is 17.2. The van der Waals surface area contributed by atoms with Crippen molar-refractivity contribution in [1.82, 2.24) is 10.2 Å². The van der Waals surface area contributed by atoms with E-state index >= 15 is 0 Å². The molecule has 0 saturated carbocycles. The van der Waals surface area contributed by atoms with Crippen LogP contribution < -0.4 is 10.1 Å². The number of β-amino-alcohol motifs (C(OH)–C–C–N with tert-alkyl or cyclic N) is 1. The molecule has 2 rings (SSSR count). The lowest BCUT2D eigenvalue weighted by atomic mass is 10.0. The minimum Gasteiger partial charge on any atom is -0.487 e. The lowest BCUT2D eigenvalue weighted by molar-refractivity contribution is -0.386. The van der Waals surface area contributed by atoms with Gasteiger partial charge in [-0.3, -0.25) is 15.0 Å². The van der Waals surface area contributed by atoms with E-state index in [2.05, 4.69) is 10.2 Å². The Balaban J connectivity index is 2.28. The molecular formula is C15H23N3O4. The summed E-state index contributed by atoms with van der Waals surface area (Å²) in [4.78, 5) is 12.9. The summed E-state index contributed by atoms with van der Waals surface area (Å²) in [6.45, 7) is 7.81. The third kappa shape index (κ3) is 3.94. The molecular weight excluding hydrogens is 286 g/mol. The summed E-state index contributed by atoms with van der Waals surface area (Å²) in [5.41, 5.74) is 1.15. The van der Waals surface area contributed by atoms with Crippen LogP contribution in [0.1, 0.15) is 24.2 Å². The molecule has 7 nitrogen and oxygen atoms in total. The van der Waals surface area contributed by atoms with Gasteiger partial charge in [0.1, 0.15) is 0 Å². The first kappa shape index (κ1) is 16.7. The van der Waals surface area contributed by atoms with Gasteiger partial charge < -0.3 is 15.2 Å². The number of aliphatic hydroxyl groups excluding tert-OH is 1. The molecule has 1 aromatic carbocycles. The monoisotopic (exact) mass is 309 g/mol. The fourth-order valence-corrected chi connectivity index (χ4v) is 2.70. The van der Waals surface area contributed by atoms with Crippen molar-refractivity contribution in [2.24, 2.45) is 0 Å². The summed E-state index contributed by atoms with van der Waals surface area (Å²) in [5, 5.41) is 25.0. The van der Waals surface area contributed by atoms with E-state index in [0.717, 1.165) is 31.7 Å². The van der Waals surface area contributed by atoms with Gasteiger partial charge in [-0.15, -0.1) is 0 Å². The Hall–Kier alpha value is -1.70. The molecule has 1 unspecified atom stereocenters. The summed E-state index contributed by atoms with van der Waals surface area (Å²) < 4.78 is 5.46. The second-order valence-corrected chi connectivity index (χ2v) is 5.46. The van der Waals surface area contributed by atoms with Crippen LogP contribution in [0.2, 0.25) is 0 Å². The van der Waals surface area contributed by atoms with Gasteiger partial charge in [-0.2, -0.15) is 0 Å². The van der Waals surface area contributed by atoms with Gasteiger partial charge in [0, 0.05) is 44.4 Å². The van der Waals surface area contributed by atoms with Crippen LogP contribution in [-0.2, 0) is 0 Å². The molecule has 1 aliphatic heterocycles. The highest BCUT2D eigenvalue weighted by Gasteiger charge is 2.26. The zero-order chi connectivity index (χ0) is 16.1. The topological polar surface area (TPSA) is 87.9 Å². The predicted molar refractivity (Wildman–Crippen MR) is 83.3 cm³/mol. The van der Waals surface area contributed by atoms with Crippen LogP contribution >= 0.6 is 0 Å². The second kappa shape index (κ2) is 7.53. The summed E-state index contributed by atoms with van der Waals surface area (Å²) in [6, 6.07) is 3.25.